The van der Waals surface area contributed by atoms with Crippen molar-refractivity contribution >= 4 is 54.8 Å². The molecular weight excluding hydrogens is 372 g/mol. The summed E-state index contributed by atoms with van der Waals surface area (Å²) in [5, 5.41) is 2.15. The molecule has 5 aromatic rings. The average molecular weight is 390 g/mol. The predicted molar refractivity (Wildman–Crippen MR) is 114 cm³/mol. The van der Waals surface area contributed by atoms with Crippen LogP contribution in [0.1, 0.15) is 17.7 Å². The molecule has 0 aliphatic rings. The van der Waals surface area contributed by atoms with Crippen LogP contribution in [0.5, 0.6) is 0 Å². The van der Waals surface area contributed by atoms with Gasteiger partial charge in [-0.05, 0) is 43.3 Å². The summed E-state index contributed by atoms with van der Waals surface area (Å²) < 4.78 is 10.8. The van der Waals surface area contributed by atoms with Gasteiger partial charge in [-0.15, -0.1) is 11.3 Å². The van der Waals surface area contributed by atoms with E-state index in [4.69, 9.17) is 4.42 Å². The number of nitrogens with zero attached hydrogens (tertiary/aromatic N) is 2. The van der Waals surface area contributed by atoms with Gasteiger partial charge in [-0.1, -0.05) is 35.6 Å². The van der Waals surface area contributed by atoms with Gasteiger partial charge in [0.1, 0.15) is 17.5 Å². The van der Waals surface area contributed by atoms with Crippen LogP contribution in [0.2, 0.25) is 0 Å². The highest BCUT2D eigenvalue weighted by atomic mass is 32.1. The Bertz CT molecular complexity index is 1270. The summed E-state index contributed by atoms with van der Waals surface area (Å²) in [4.78, 5) is 4.68. The Hall–Kier alpha value is -2.76. The second kappa shape index (κ2) is 6.44. The fourth-order valence-corrected chi connectivity index (χ4v) is 5.29. The van der Waals surface area contributed by atoms with E-state index in [0.29, 0.717) is 0 Å². The molecule has 5 rings (SSSR count). The second-order valence-corrected chi connectivity index (χ2v) is 8.51. The number of aryl methyl sites for hydroxylation is 1. The molecular formula is C22H17N2OS2+. The molecule has 0 aliphatic heterocycles. The predicted octanol–water partition coefficient (Wildman–Crippen LogP) is 6.16. The zero-order valence-electron chi connectivity index (χ0n) is 15.0. The molecule has 0 atom stereocenters. The Balaban J connectivity index is 1.50. The summed E-state index contributed by atoms with van der Waals surface area (Å²) in [5.74, 6) is 1.66. The Morgan fingerprint density at radius 2 is 1.74 bits per heavy atom. The molecule has 5 heteroatoms. The fraction of sp³-hybridized carbons (Fsp3) is 0.0909. The van der Waals surface area contributed by atoms with Crippen molar-refractivity contribution in [3.63, 3.8) is 0 Å². The van der Waals surface area contributed by atoms with Crippen LogP contribution >= 0.6 is 22.7 Å². The van der Waals surface area contributed by atoms with E-state index in [-0.39, 0.29) is 0 Å². The molecule has 0 spiro atoms. The highest BCUT2D eigenvalue weighted by Crippen LogP contribution is 2.32. The number of hydrogen-bond acceptors (Lipinski definition) is 4. The molecule has 0 bridgehead atoms. The number of fused-ring (bicyclic) bond motifs is 2. The molecule has 0 fully saturated rings. The van der Waals surface area contributed by atoms with Crippen LogP contribution < -0.4 is 4.57 Å². The number of hydrogen-bond donors (Lipinski definition) is 0. The SMILES string of the molecule is C/C(=C\c1ccc(-c2nc3ccccc3s2)o1)c1sc2ccccc2[n+]1C. The van der Waals surface area contributed by atoms with E-state index in [1.54, 1.807) is 22.7 Å². The van der Waals surface area contributed by atoms with Gasteiger partial charge in [0.25, 0.3) is 5.01 Å². The summed E-state index contributed by atoms with van der Waals surface area (Å²) in [7, 11) is 2.11. The van der Waals surface area contributed by atoms with E-state index in [2.05, 4.69) is 59.9 Å². The molecule has 3 heterocycles. The van der Waals surface area contributed by atoms with E-state index in [0.717, 1.165) is 22.0 Å². The van der Waals surface area contributed by atoms with Crippen LogP contribution in [0.15, 0.2) is 65.1 Å². The molecule has 3 nitrogen and oxygen atoms in total. The van der Waals surface area contributed by atoms with Gasteiger partial charge >= 0.3 is 0 Å². The maximum absolute atomic E-state index is 6.07. The highest BCUT2D eigenvalue weighted by molar-refractivity contribution is 7.21. The minimum absolute atomic E-state index is 0.816. The van der Waals surface area contributed by atoms with Crippen molar-refractivity contribution in [1.29, 1.82) is 0 Å². The Labute approximate surface area is 164 Å². The lowest BCUT2D eigenvalue weighted by atomic mass is 10.2. The lowest BCUT2D eigenvalue weighted by Gasteiger charge is -1.94. The summed E-state index contributed by atoms with van der Waals surface area (Å²) >= 11 is 3.46. The van der Waals surface area contributed by atoms with E-state index in [9.17, 15) is 0 Å². The van der Waals surface area contributed by atoms with E-state index >= 15 is 0 Å². The third-order valence-electron chi connectivity index (χ3n) is 4.57. The Morgan fingerprint density at radius 3 is 2.56 bits per heavy atom. The largest absolute Gasteiger partial charge is 0.454 e. The minimum Gasteiger partial charge on any atom is -0.454 e. The number of allylic oxidation sites excluding steroid dienone is 1. The summed E-state index contributed by atoms with van der Waals surface area (Å²) in [6.07, 6.45) is 2.10. The van der Waals surface area contributed by atoms with Crippen molar-refractivity contribution in [2.75, 3.05) is 0 Å². The quantitative estimate of drug-likeness (QED) is 0.346. The third kappa shape index (κ3) is 2.89. The first-order chi connectivity index (χ1) is 13.2. The zero-order valence-corrected chi connectivity index (χ0v) is 16.6. The van der Waals surface area contributed by atoms with Gasteiger partial charge in [0.15, 0.2) is 10.8 Å². The summed E-state index contributed by atoms with van der Waals surface area (Å²) in [5.41, 5.74) is 3.45. The second-order valence-electron chi connectivity index (χ2n) is 6.45. The van der Waals surface area contributed by atoms with Gasteiger partial charge in [0.2, 0.25) is 5.52 Å². The maximum atomic E-state index is 6.07. The van der Waals surface area contributed by atoms with Gasteiger partial charge in [-0.2, -0.15) is 4.57 Å². The van der Waals surface area contributed by atoms with Gasteiger partial charge in [-0.25, -0.2) is 4.98 Å². The van der Waals surface area contributed by atoms with E-state index in [1.165, 1.54) is 25.5 Å². The standard InChI is InChI=1S/C22H17N2OS2/c1-14(22-24(2)17-8-4-6-10-20(17)27-22)13-15-11-12-18(25-15)21-23-16-7-3-5-9-19(16)26-21/h3-13H,1-2H3/q+1/b14-13+. The van der Waals surface area contributed by atoms with Crippen LogP contribution in [0.3, 0.4) is 0 Å². The molecule has 0 radical (unpaired) electrons. The first-order valence-corrected chi connectivity index (χ1v) is 10.3. The van der Waals surface area contributed by atoms with E-state index < -0.39 is 0 Å². The van der Waals surface area contributed by atoms with Crippen molar-refractivity contribution in [3.8, 4) is 10.8 Å². The van der Waals surface area contributed by atoms with Gasteiger partial charge in [-0.3, -0.25) is 0 Å². The van der Waals surface area contributed by atoms with Crippen LogP contribution in [0.4, 0.5) is 0 Å². The third-order valence-corrected chi connectivity index (χ3v) is 6.97. The van der Waals surface area contributed by atoms with Crippen molar-refractivity contribution in [3.05, 3.63) is 71.4 Å². The van der Waals surface area contributed by atoms with E-state index in [1.807, 2.05) is 30.3 Å². The van der Waals surface area contributed by atoms with Crippen LogP contribution in [0, 0.1) is 0 Å². The lowest BCUT2D eigenvalue weighted by molar-refractivity contribution is -0.642. The minimum atomic E-state index is 0.816. The number of furan rings is 1. The average Bonchev–Trinajstić information content (AvgIpc) is 3.39. The first kappa shape index (κ1) is 16.4. The first-order valence-electron chi connectivity index (χ1n) is 8.71. The van der Waals surface area contributed by atoms with Crippen molar-refractivity contribution in [2.45, 2.75) is 6.92 Å². The van der Waals surface area contributed by atoms with Gasteiger partial charge in [0.05, 0.1) is 10.2 Å². The molecule has 0 aliphatic carbocycles. The van der Waals surface area contributed by atoms with Gasteiger partial charge < -0.3 is 4.42 Å². The number of rotatable bonds is 3. The van der Waals surface area contributed by atoms with Crippen molar-refractivity contribution < 1.29 is 8.98 Å². The summed E-state index contributed by atoms with van der Waals surface area (Å²) in [6, 6.07) is 20.7. The topological polar surface area (TPSA) is 29.9 Å². The number of benzene rings is 2. The fourth-order valence-electron chi connectivity index (χ4n) is 3.25. The molecule has 0 unspecified atom stereocenters. The molecule has 0 N–H and O–H groups in total. The molecule has 132 valence electrons. The molecule has 3 aromatic heterocycles. The molecule has 0 saturated heterocycles. The highest BCUT2D eigenvalue weighted by Gasteiger charge is 2.18. The van der Waals surface area contributed by atoms with Crippen LogP contribution in [0.25, 0.3) is 42.9 Å². The van der Waals surface area contributed by atoms with Crippen molar-refractivity contribution in [2.24, 2.45) is 7.05 Å². The van der Waals surface area contributed by atoms with Crippen molar-refractivity contribution in [1.82, 2.24) is 4.98 Å². The van der Waals surface area contributed by atoms with Gasteiger partial charge in [0, 0.05) is 11.6 Å². The van der Waals surface area contributed by atoms with Crippen LogP contribution in [-0.2, 0) is 7.05 Å². The lowest BCUT2D eigenvalue weighted by Crippen LogP contribution is -2.29. The monoisotopic (exact) mass is 389 g/mol. The number of aromatic nitrogens is 2. The Morgan fingerprint density at radius 1 is 0.963 bits per heavy atom. The number of thiazole rings is 2. The van der Waals surface area contributed by atoms with Crippen LogP contribution in [-0.4, -0.2) is 4.98 Å². The summed E-state index contributed by atoms with van der Waals surface area (Å²) in [6.45, 7) is 2.13. The molecule has 0 amide bonds. The normalized spacial score (nSPS) is 12.3. The molecule has 27 heavy (non-hydrogen) atoms. The number of para-hydroxylation sites is 2. The molecule has 2 aromatic carbocycles. The zero-order chi connectivity index (χ0) is 18.4. The smallest absolute Gasteiger partial charge is 0.265 e. The molecule has 0 saturated carbocycles. The maximum Gasteiger partial charge on any atom is 0.265 e. The Kier molecular flexibility index (Phi) is 3.92.